The second-order valence-electron chi connectivity index (χ2n) is 4.12. The van der Waals surface area contributed by atoms with Crippen LogP contribution in [-0.2, 0) is 14.3 Å². The summed E-state index contributed by atoms with van der Waals surface area (Å²) in [5, 5.41) is 0. The van der Waals surface area contributed by atoms with Crippen LogP contribution in [0.3, 0.4) is 0 Å². The van der Waals surface area contributed by atoms with Gasteiger partial charge in [0.05, 0.1) is 14.2 Å². The number of rotatable bonds is 7. The van der Waals surface area contributed by atoms with Crippen LogP contribution in [0.1, 0.15) is 12.5 Å². The molecule has 7 heteroatoms. The smallest absolute Gasteiger partial charge is 0.264 e. The molecular weight excluding hydrogens is 288 g/mol. The lowest BCUT2D eigenvalue weighted by Crippen LogP contribution is -2.42. The van der Waals surface area contributed by atoms with E-state index in [0.29, 0.717) is 18.1 Å². The lowest BCUT2D eigenvalue weighted by molar-refractivity contribution is -0.129. The van der Waals surface area contributed by atoms with Gasteiger partial charge in [0.1, 0.15) is 6.61 Å². The highest BCUT2D eigenvalue weighted by Gasteiger charge is 2.04. The monoisotopic (exact) mass is 308 g/mol. The van der Waals surface area contributed by atoms with Crippen LogP contribution >= 0.6 is 0 Å². The van der Waals surface area contributed by atoms with Crippen LogP contribution in [0.4, 0.5) is 0 Å². The van der Waals surface area contributed by atoms with E-state index >= 15 is 0 Å². The molecule has 0 aliphatic rings. The Bertz CT molecular complexity index is 543. The summed E-state index contributed by atoms with van der Waals surface area (Å²) in [6.07, 6.45) is 2.88. The fraction of sp³-hybridized carbons (Fsp3) is 0.333. The van der Waals surface area contributed by atoms with E-state index in [2.05, 4.69) is 10.9 Å². The standard InChI is InChI=1S/C15H20N2O5/c1-4-22-10-15(19)17-16-14(18)8-6-11-5-7-12(20-2)13(9-11)21-3/h5-9H,4,10H2,1-3H3,(H,16,18)(H,17,19)/b8-6+. The molecule has 22 heavy (non-hydrogen) atoms. The van der Waals surface area contributed by atoms with Gasteiger partial charge >= 0.3 is 0 Å². The fourth-order valence-electron chi connectivity index (χ4n) is 1.53. The van der Waals surface area contributed by atoms with Crippen LogP contribution in [0.15, 0.2) is 24.3 Å². The molecule has 1 aromatic carbocycles. The summed E-state index contributed by atoms with van der Waals surface area (Å²) in [5.41, 5.74) is 5.24. The van der Waals surface area contributed by atoms with Gasteiger partial charge in [-0.1, -0.05) is 6.07 Å². The van der Waals surface area contributed by atoms with Gasteiger partial charge in [0, 0.05) is 12.7 Å². The fourth-order valence-corrected chi connectivity index (χ4v) is 1.53. The van der Waals surface area contributed by atoms with Crippen LogP contribution in [-0.4, -0.2) is 39.2 Å². The van der Waals surface area contributed by atoms with Crippen molar-refractivity contribution in [3.8, 4) is 11.5 Å². The van der Waals surface area contributed by atoms with E-state index in [1.54, 1.807) is 38.3 Å². The molecule has 0 heterocycles. The van der Waals surface area contributed by atoms with Crippen molar-refractivity contribution in [1.29, 1.82) is 0 Å². The third-order valence-corrected chi connectivity index (χ3v) is 2.60. The number of amides is 2. The van der Waals surface area contributed by atoms with Crippen molar-refractivity contribution in [2.45, 2.75) is 6.92 Å². The van der Waals surface area contributed by atoms with E-state index in [1.165, 1.54) is 13.2 Å². The number of carbonyl (C=O) groups is 2. The molecule has 2 amide bonds. The summed E-state index contributed by atoms with van der Waals surface area (Å²) in [7, 11) is 3.08. The third kappa shape index (κ3) is 5.84. The van der Waals surface area contributed by atoms with Gasteiger partial charge in [0.2, 0.25) is 0 Å². The first kappa shape index (κ1) is 17.5. The van der Waals surface area contributed by atoms with Gasteiger partial charge in [-0.15, -0.1) is 0 Å². The zero-order chi connectivity index (χ0) is 16.4. The number of benzene rings is 1. The maximum absolute atomic E-state index is 11.6. The molecule has 2 N–H and O–H groups in total. The Hall–Kier alpha value is -2.54. The average molecular weight is 308 g/mol. The van der Waals surface area contributed by atoms with Crippen molar-refractivity contribution in [3.05, 3.63) is 29.8 Å². The largest absolute Gasteiger partial charge is 0.493 e. The molecule has 0 aliphatic carbocycles. The molecule has 0 fully saturated rings. The summed E-state index contributed by atoms with van der Waals surface area (Å²) >= 11 is 0. The van der Waals surface area contributed by atoms with E-state index in [4.69, 9.17) is 14.2 Å². The highest BCUT2D eigenvalue weighted by molar-refractivity contribution is 5.93. The first-order chi connectivity index (χ1) is 10.6. The number of hydrazine groups is 1. The third-order valence-electron chi connectivity index (χ3n) is 2.60. The van der Waals surface area contributed by atoms with Gasteiger partial charge in [-0.25, -0.2) is 0 Å². The van der Waals surface area contributed by atoms with Gasteiger partial charge in [-0.2, -0.15) is 0 Å². The Morgan fingerprint density at radius 3 is 2.50 bits per heavy atom. The zero-order valence-electron chi connectivity index (χ0n) is 12.8. The maximum atomic E-state index is 11.6. The molecule has 0 spiro atoms. The van der Waals surface area contributed by atoms with E-state index in [1.807, 2.05) is 0 Å². The van der Waals surface area contributed by atoms with Gasteiger partial charge in [-0.05, 0) is 30.7 Å². The van der Waals surface area contributed by atoms with Crippen LogP contribution in [0, 0.1) is 0 Å². The number of methoxy groups -OCH3 is 2. The van der Waals surface area contributed by atoms with Crippen molar-refractivity contribution in [1.82, 2.24) is 10.9 Å². The molecule has 0 atom stereocenters. The Balaban J connectivity index is 2.53. The van der Waals surface area contributed by atoms with Crippen molar-refractivity contribution < 1.29 is 23.8 Å². The van der Waals surface area contributed by atoms with E-state index in [0.717, 1.165) is 5.56 Å². The number of ether oxygens (including phenoxy) is 3. The Kier molecular flexibility index (Phi) is 7.49. The molecule has 120 valence electrons. The molecular formula is C15H20N2O5. The molecule has 0 saturated carbocycles. The maximum Gasteiger partial charge on any atom is 0.264 e. The van der Waals surface area contributed by atoms with Crippen LogP contribution in [0.5, 0.6) is 11.5 Å². The average Bonchev–Trinajstić information content (AvgIpc) is 2.55. The second-order valence-corrected chi connectivity index (χ2v) is 4.12. The predicted molar refractivity (Wildman–Crippen MR) is 81.4 cm³/mol. The molecule has 0 unspecified atom stereocenters. The van der Waals surface area contributed by atoms with Crippen molar-refractivity contribution in [2.75, 3.05) is 27.4 Å². The first-order valence-electron chi connectivity index (χ1n) is 6.67. The molecule has 1 aromatic rings. The van der Waals surface area contributed by atoms with Crippen LogP contribution in [0.25, 0.3) is 6.08 Å². The minimum atomic E-state index is -0.459. The number of hydrogen-bond acceptors (Lipinski definition) is 5. The van der Waals surface area contributed by atoms with E-state index in [-0.39, 0.29) is 6.61 Å². The Morgan fingerprint density at radius 2 is 1.86 bits per heavy atom. The summed E-state index contributed by atoms with van der Waals surface area (Å²) in [4.78, 5) is 22.8. The molecule has 0 saturated heterocycles. The van der Waals surface area contributed by atoms with E-state index in [9.17, 15) is 9.59 Å². The SMILES string of the molecule is CCOCC(=O)NNC(=O)/C=C/c1ccc(OC)c(OC)c1. The summed E-state index contributed by atoms with van der Waals surface area (Å²) in [6.45, 7) is 2.11. The Morgan fingerprint density at radius 1 is 1.14 bits per heavy atom. The van der Waals surface area contributed by atoms with Gasteiger partial charge in [0.25, 0.3) is 11.8 Å². The van der Waals surface area contributed by atoms with Gasteiger partial charge < -0.3 is 14.2 Å². The molecule has 0 radical (unpaired) electrons. The summed E-state index contributed by atoms with van der Waals surface area (Å²) < 4.78 is 15.2. The van der Waals surface area contributed by atoms with Crippen LogP contribution < -0.4 is 20.3 Å². The lowest BCUT2D eigenvalue weighted by Gasteiger charge is -2.07. The lowest BCUT2D eigenvalue weighted by atomic mass is 10.2. The zero-order valence-corrected chi connectivity index (χ0v) is 12.8. The summed E-state index contributed by atoms with van der Waals surface area (Å²) in [6, 6.07) is 5.25. The molecule has 0 bridgehead atoms. The molecule has 0 aromatic heterocycles. The topological polar surface area (TPSA) is 85.9 Å². The van der Waals surface area contributed by atoms with Crippen molar-refractivity contribution in [3.63, 3.8) is 0 Å². The molecule has 1 rings (SSSR count). The Labute approximate surface area is 129 Å². The van der Waals surface area contributed by atoms with Gasteiger partial charge in [-0.3, -0.25) is 20.4 Å². The highest BCUT2D eigenvalue weighted by Crippen LogP contribution is 2.27. The van der Waals surface area contributed by atoms with E-state index < -0.39 is 11.8 Å². The number of carbonyl (C=O) groups excluding carboxylic acids is 2. The first-order valence-corrected chi connectivity index (χ1v) is 6.67. The normalized spacial score (nSPS) is 10.3. The predicted octanol–water partition coefficient (Wildman–Crippen LogP) is 0.901. The summed E-state index contributed by atoms with van der Waals surface area (Å²) in [5.74, 6) is 0.289. The number of hydrogen-bond donors (Lipinski definition) is 2. The second kappa shape index (κ2) is 9.41. The van der Waals surface area contributed by atoms with Gasteiger partial charge in [0.15, 0.2) is 11.5 Å². The number of nitrogens with one attached hydrogen (secondary N) is 2. The minimum absolute atomic E-state index is 0.101. The molecule has 7 nitrogen and oxygen atoms in total. The molecule has 0 aliphatic heterocycles. The van der Waals surface area contributed by atoms with Crippen molar-refractivity contribution in [2.24, 2.45) is 0 Å². The highest BCUT2D eigenvalue weighted by atomic mass is 16.5. The minimum Gasteiger partial charge on any atom is -0.493 e. The van der Waals surface area contributed by atoms with Crippen molar-refractivity contribution >= 4 is 17.9 Å². The quantitative estimate of drug-likeness (QED) is 0.577. The van der Waals surface area contributed by atoms with Crippen LogP contribution in [0.2, 0.25) is 0 Å².